The Morgan fingerprint density at radius 2 is 2.12 bits per heavy atom. The molecule has 0 aromatic carbocycles. The molecule has 7 heteroatoms. The summed E-state index contributed by atoms with van der Waals surface area (Å²) in [7, 11) is 1.68. The normalized spacial score (nSPS) is 17.9. The van der Waals surface area contributed by atoms with Crippen LogP contribution in [0.25, 0.3) is 0 Å². The minimum atomic E-state index is 0.592. The average molecular weight is 343 g/mol. The maximum absolute atomic E-state index is 5.37. The molecule has 1 aliphatic carbocycles. The standard InChI is InChI=1S/C18H25N5O2/c1-24-10-7-16-19-18(25-22-16)11-13-5-8-23(9-6-13)17-12-14-3-2-4-15(14)20-21-17/h12-13H,2-11H2,1H3. The first-order valence-corrected chi connectivity index (χ1v) is 9.22. The van der Waals surface area contributed by atoms with Crippen molar-refractivity contribution in [1.82, 2.24) is 20.3 Å². The van der Waals surface area contributed by atoms with E-state index in [-0.39, 0.29) is 0 Å². The molecule has 0 N–H and O–H groups in total. The second-order valence-electron chi connectivity index (χ2n) is 7.01. The van der Waals surface area contributed by atoms with E-state index in [0.717, 1.165) is 62.7 Å². The molecule has 0 bridgehead atoms. The summed E-state index contributed by atoms with van der Waals surface area (Å²) in [4.78, 5) is 6.83. The number of hydrogen-bond donors (Lipinski definition) is 0. The highest BCUT2D eigenvalue weighted by Crippen LogP contribution is 2.27. The summed E-state index contributed by atoms with van der Waals surface area (Å²) < 4.78 is 10.4. The Kier molecular flexibility index (Phi) is 4.92. The fourth-order valence-electron chi connectivity index (χ4n) is 3.75. The fraction of sp³-hybridized carbons (Fsp3) is 0.667. The summed E-state index contributed by atoms with van der Waals surface area (Å²) >= 11 is 0. The highest BCUT2D eigenvalue weighted by atomic mass is 16.5. The zero-order chi connectivity index (χ0) is 17.1. The van der Waals surface area contributed by atoms with Crippen molar-refractivity contribution >= 4 is 5.82 Å². The molecule has 1 fully saturated rings. The van der Waals surface area contributed by atoms with E-state index in [1.807, 2.05) is 0 Å². The molecule has 0 spiro atoms. The largest absolute Gasteiger partial charge is 0.384 e. The molecule has 25 heavy (non-hydrogen) atoms. The van der Waals surface area contributed by atoms with E-state index in [0.29, 0.717) is 18.9 Å². The van der Waals surface area contributed by atoms with Gasteiger partial charge in [0, 0.05) is 33.0 Å². The second-order valence-corrected chi connectivity index (χ2v) is 7.01. The van der Waals surface area contributed by atoms with Crippen molar-refractivity contribution in [3.63, 3.8) is 0 Å². The number of fused-ring (bicyclic) bond motifs is 1. The fourth-order valence-corrected chi connectivity index (χ4v) is 3.75. The molecule has 1 saturated heterocycles. The van der Waals surface area contributed by atoms with Gasteiger partial charge in [0.15, 0.2) is 11.6 Å². The summed E-state index contributed by atoms with van der Waals surface area (Å²) in [6, 6.07) is 2.25. The van der Waals surface area contributed by atoms with E-state index in [9.17, 15) is 0 Å². The van der Waals surface area contributed by atoms with E-state index in [4.69, 9.17) is 9.26 Å². The van der Waals surface area contributed by atoms with Crippen LogP contribution in [-0.2, 0) is 30.4 Å². The Balaban J connectivity index is 1.30. The Bertz CT molecular complexity index is 709. The molecular formula is C18H25N5O2. The van der Waals surface area contributed by atoms with Crippen LogP contribution >= 0.6 is 0 Å². The van der Waals surface area contributed by atoms with Crippen molar-refractivity contribution in [3.8, 4) is 0 Å². The molecule has 1 aliphatic heterocycles. The van der Waals surface area contributed by atoms with Crippen molar-refractivity contribution in [3.05, 3.63) is 29.0 Å². The summed E-state index contributed by atoms with van der Waals surface area (Å²) in [6.45, 7) is 2.66. The van der Waals surface area contributed by atoms with Crippen molar-refractivity contribution < 1.29 is 9.26 Å². The molecule has 134 valence electrons. The van der Waals surface area contributed by atoms with Gasteiger partial charge in [-0.2, -0.15) is 10.1 Å². The number of aromatic nitrogens is 4. The van der Waals surface area contributed by atoms with E-state index in [2.05, 4.69) is 31.3 Å². The smallest absolute Gasteiger partial charge is 0.226 e. The predicted molar refractivity (Wildman–Crippen MR) is 92.6 cm³/mol. The molecule has 0 atom stereocenters. The van der Waals surface area contributed by atoms with Crippen LogP contribution in [0.3, 0.4) is 0 Å². The molecular weight excluding hydrogens is 318 g/mol. The van der Waals surface area contributed by atoms with Gasteiger partial charge in [-0.3, -0.25) is 0 Å². The third-order valence-electron chi connectivity index (χ3n) is 5.25. The molecule has 0 amide bonds. The van der Waals surface area contributed by atoms with E-state index < -0.39 is 0 Å². The topological polar surface area (TPSA) is 77.2 Å². The van der Waals surface area contributed by atoms with Gasteiger partial charge in [-0.25, -0.2) is 0 Å². The Labute approximate surface area is 147 Å². The summed E-state index contributed by atoms with van der Waals surface area (Å²) in [5, 5.41) is 12.9. The van der Waals surface area contributed by atoms with Crippen LogP contribution < -0.4 is 4.90 Å². The van der Waals surface area contributed by atoms with E-state index in [1.165, 1.54) is 17.7 Å². The minimum absolute atomic E-state index is 0.592. The second kappa shape index (κ2) is 7.47. The molecule has 0 radical (unpaired) electrons. The molecule has 2 aromatic heterocycles. The quantitative estimate of drug-likeness (QED) is 0.794. The first-order chi connectivity index (χ1) is 12.3. The third-order valence-corrected chi connectivity index (χ3v) is 5.25. The number of methoxy groups -OCH3 is 1. The Morgan fingerprint density at radius 3 is 2.96 bits per heavy atom. The lowest BCUT2D eigenvalue weighted by Crippen LogP contribution is -2.35. The van der Waals surface area contributed by atoms with Crippen LogP contribution in [0, 0.1) is 5.92 Å². The van der Waals surface area contributed by atoms with Gasteiger partial charge in [0.25, 0.3) is 0 Å². The van der Waals surface area contributed by atoms with Crippen LogP contribution in [-0.4, -0.2) is 47.1 Å². The maximum Gasteiger partial charge on any atom is 0.226 e. The van der Waals surface area contributed by atoms with Crippen molar-refractivity contribution in [2.45, 2.75) is 44.9 Å². The van der Waals surface area contributed by atoms with Crippen LogP contribution in [0.5, 0.6) is 0 Å². The molecule has 0 unspecified atom stereocenters. The van der Waals surface area contributed by atoms with Crippen molar-refractivity contribution in [1.29, 1.82) is 0 Å². The van der Waals surface area contributed by atoms with Crippen LogP contribution in [0.15, 0.2) is 10.6 Å². The lowest BCUT2D eigenvalue weighted by Gasteiger charge is -2.32. The lowest BCUT2D eigenvalue weighted by atomic mass is 9.93. The van der Waals surface area contributed by atoms with E-state index in [1.54, 1.807) is 7.11 Å². The summed E-state index contributed by atoms with van der Waals surface area (Å²) in [6.07, 6.45) is 7.26. The van der Waals surface area contributed by atoms with Gasteiger partial charge in [0.05, 0.1) is 12.3 Å². The van der Waals surface area contributed by atoms with E-state index >= 15 is 0 Å². The zero-order valence-corrected chi connectivity index (χ0v) is 14.8. The van der Waals surface area contributed by atoms with Crippen molar-refractivity contribution in [2.75, 3.05) is 31.7 Å². The molecule has 3 heterocycles. The zero-order valence-electron chi connectivity index (χ0n) is 14.8. The Morgan fingerprint density at radius 1 is 1.24 bits per heavy atom. The van der Waals surface area contributed by atoms with Gasteiger partial charge in [-0.1, -0.05) is 5.16 Å². The lowest BCUT2D eigenvalue weighted by molar-refractivity contribution is 0.199. The van der Waals surface area contributed by atoms with Crippen molar-refractivity contribution in [2.24, 2.45) is 5.92 Å². The monoisotopic (exact) mass is 343 g/mol. The van der Waals surface area contributed by atoms with Gasteiger partial charge < -0.3 is 14.2 Å². The molecule has 2 aliphatic rings. The molecule has 7 nitrogen and oxygen atoms in total. The van der Waals surface area contributed by atoms with Crippen LogP contribution in [0.2, 0.25) is 0 Å². The van der Waals surface area contributed by atoms with Gasteiger partial charge in [0.1, 0.15) is 0 Å². The summed E-state index contributed by atoms with van der Waals surface area (Å²) in [5.41, 5.74) is 2.58. The first kappa shape index (κ1) is 16.4. The highest BCUT2D eigenvalue weighted by Gasteiger charge is 2.24. The SMILES string of the molecule is COCCc1noc(CC2CCN(c3cc4c(nn3)CCC4)CC2)n1. The number of nitrogens with zero attached hydrogens (tertiary/aromatic N) is 5. The minimum Gasteiger partial charge on any atom is -0.384 e. The molecule has 0 saturated carbocycles. The number of ether oxygens (including phenoxy) is 1. The van der Waals surface area contributed by atoms with Crippen LogP contribution in [0.1, 0.15) is 42.2 Å². The number of rotatable bonds is 6. The number of aryl methyl sites for hydroxylation is 2. The summed E-state index contributed by atoms with van der Waals surface area (Å²) in [5.74, 6) is 3.12. The number of piperidine rings is 1. The average Bonchev–Trinajstić information content (AvgIpc) is 3.29. The maximum atomic E-state index is 5.37. The van der Waals surface area contributed by atoms with Gasteiger partial charge in [-0.15, -0.1) is 5.10 Å². The third kappa shape index (κ3) is 3.81. The van der Waals surface area contributed by atoms with Gasteiger partial charge >= 0.3 is 0 Å². The van der Waals surface area contributed by atoms with Crippen LogP contribution in [0.4, 0.5) is 5.82 Å². The molecule has 4 rings (SSSR count). The molecule has 2 aromatic rings. The van der Waals surface area contributed by atoms with Gasteiger partial charge in [-0.05, 0) is 49.7 Å². The van der Waals surface area contributed by atoms with Gasteiger partial charge in [0.2, 0.25) is 5.89 Å². The Hall–Kier alpha value is -2.02. The number of anilines is 1. The highest BCUT2D eigenvalue weighted by molar-refractivity contribution is 5.43. The predicted octanol–water partition coefficient (Wildman–Crippen LogP) is 2.00. The number of hydrogen-bond acceptors (Lipinski definition) is 7. The first-order valence-electron chi connectivity index (χ1n) is 9.22.